The lowest BCUT2D eigenvalue weighted by Crippen LogP contribution is -1.97. The van der Waals surface area contributed by atoms with Crippen LogP contribution in [0.5, 0.6) is 17.2 Å². The van der Waals surface area contributed by atoms with E-state index < -0.39 is 0 Å². The second-order valence-corrected chi connectivity index (χ2v) is 2.86. The van der Waals surface area contributed by atoms with Gasteiger partial charge in [-0.05, 0) is 6.42 Å². The summed E-state index contributed by atoms with van der Waals surface area (Å²) in [4.78, 5) is 0. The number of hydrogen-bond acceptors (Lipinski definition) is 3. The molecule has 0 radical (unpaired) electrons. The van der Waals surface area contributed by atoms with Crippen LogP contribution in [0.4, 0.5) is 0 Å². The van der Waals surface area contributed by atoms with E-state index in [1.807, 2.05) is 26.0 Å². The Kier molecular flexibility index (Phi) is 7.18. The van der Waals surface area contributed by atoms with Gasteiger partial charge >= 0.3 is 0 Å². The summed E-state index contributed by atoms with van der Waals surface area (Å²) < 4.78 is 15.7. The van der Waals surface area contributed by atoms with Crippen LogP contribution in [-0.4, -0.2) is 21.3 Å². The van der Waals surface area contributed by atoms with E-state index in [1.165, 1.54) is 0 Å². The zero-order valence-corrected chi connectivity index (χ0v) is 11.1. The molecule has 0 saturated carbocycles. The van der Waals surface area contributed by atoms with Crippen molar-refractivity contribution < 1.29 is 14.2 Å². The fourth-order valence-corrected chi connectivity index (χ4v) is 1.43. The number of hydrogen-bond donors (Lipinski definition) is 0. The van der Waals surface area contributed by atoms with Gasteiger partial charge in [-0.1, -0.05) is 20.8 Å². The summed E-state index contributed by atoms with van der Waals surface area (Å²) in [5.41, 5.74) is 1.07. The van der Waals surface area contributed by atoms with Crippen LogP contribution < -0.4 is 14.2 Å². The molecule has 3 heteroatoms. The molecule has 0 aliphatic heterocycles. The highest BCUT2D eigenvalue weighted by atomic mass is 16.5. The lowest BCUT2D eigenvalue weighted by atomic mass is 10.1. The van der Waals surface area contributed by atoms with Gasteiger partial charge in [-0.15, -0.1) is 0 Å². The molecule has 0 aromatic heterocycles. The minimum Gasteiger partial charge on any atom is -0.496 e. The van der Waals surface area contributed by atoms with Gasteiger partial charge in [0.05, 0.1) is 21.3 Å². The van der Waals surface area contributed by atoms with Gasteiger partial charge in [-0.25, -0.2) is 0 Å². The molecule has 0 aliphatic rings. The van der Waals surface area contributed by atoms with Gasteiger partial charge in [0, 0.05) is 17.7 Å². The third-order valence-electron chi connectivity index (χ3n) is 2.17. The molecule has 92 valence electrons. The summed E-state index contributed by atoms with van der Waals surface area (Å²) in [5, 5.41) is 0. The number of rotatable bonds is 4. The van der Waals surface area contributed by atoms with E-state index in [9.17, 15) is 0 Å². The van der Waals surface area contributed by atoms with Crippen LogP contribution in [0.15, 0.2) is 12.1 Å². The smallest absolute Gasteiger partial charge is 0.129 e. The molecule has 1 aromatic carbocycles. The predicted molar refractivity (Wildman–Crippen MR) is 66.8 cm³/mol. The van der Waals surface area contributed by atoms with Gasteiger partial charge in [0.2, 0.25) is 0 Å². The third-order valence-corrected chi connectivity index (χ3v) is 2.17. The summed E-state index contributed by atoms with van der Waals surface area (Å²) in [6, 6.07) is 3.72. The van der Waals surface area contributed by atoms with Crippen LogP contribution in [-0.2, 0) is 6.42 Å². The Morgan fingerprint density at radius 1 is 0.875 bits per heavy atom. The highest BCUT2D eigenvalue weighted by Crippen LogP contribution is 2.33. The van der Waals surface area contributed by atoms with Gasteiger partial charge < -0.3 is 14.2 Å². The van der Waals surface area contributed by atoms with E-state index in [-0.39, 0.29) is 0 Å². The Morgan fingerprint density at radius 2 is 1.31 bits per heavy atom. The van der Waals surface area contributed by atoms with Crippen molar-refractivity contribution in [1.82, 2.24) is 0 Å². The molecule has 0 aliphatic carbocycles. The fourth-order valence-electron chi connectivity index (χ4n) is 1.43. The maximum atomic E-state index is 5.26. The maximum absolute atomic E-state index is 5.26. The largest absolute Gasteiger partial charge is 0.496 e. The van der Waals surface area contributed by atoms with Crippen molar-refractivity contribution in [2.75, 3.05) is 21.3 Å². The standard InChI is InChI=1S/C11H16O3.C2H6/c1-5-9-10(13-3)6-8(12-2)7-11(9)14-4;1-2/h6-7H,5H2,1-4H3;1-2H3. The van der Waals surface area contributed by atoms with Crippen molar-refractivity contribution in [2.24, 2.45) is 0 Å². The van der Waals surface area contributed by atoms with Crippen LogP contribution in [0.25, 0.3) is 0 Å². The first-order valence-electron chi connectivity index (χ1n) is 5.55. The van der Waals surface area contributed by atoms with Crippen molar-refractivity contribution >= 4 is 0 Å². The fraction of sp³-hybridized carbons (Fsp3) is 0.538. The quantitative estimate of drug-likeness (QED) is 0.788. The first-order valence-corrected chi connectivity index (χ1v) is 5.55. The second-order valence-electron chi connectivity index (χ2n) is 2.86. The Hall–Kier alpha value is -1.38. The van der Waals surface area contributed by atoms with Gasteiger partial charge in [-0.2, -0.15) is 0 Å². The summed E-state index contributed by atoms with van der Waals surface area (Å²) >= 11 is 0. The average molecular weight is 226 g/mol. The zero-order valence-electron chi connectivity index (χ0n) is 11.1. The maximum Gasteiger partial charge on any atom is 0.129 e. The van der Waals surface area contributed by atoms with E-state index in [1.54, 1.807) is 21.3 Å². The molecule has 0 saturated heterocycles. The molecule has 16 heavy (non-hydrogen) atoms. The molecule has 3 nitrogen and oxygen atoms in total. The van der Waals surface area contributed by atoms with Gasteiger partial charge in [-0.3, -0.25) is 0 Å². The molecule has 0 N–H and O–H groups in total. The zero-order chi connectivity index (χ0) is 12.6. The summed E-state index contributed by atoms with van der Waals surface area (Å²) in [6.07, 6.45) is 0.871. The summed E-state index contributed by atoms with van der Waals surface area (Å²) in [6.45, 7) is 6.06. The average Bonchev–Trinajstić information content (AvgIpc) is 2.39. The molecular formula is C13H22O3. The molecule has 0 fully saturated rings. The topological polar surface area (TPSA) is 27.7 Å². The monoisotopic (exact) mass is 226 g/mol. The Morgan fingerprint density at radius 3 is 1.56 bits per heavy atom. The van der Waals surface area contributed by atoms with E-state index in [4.69, 9.17) is 14.2 Å². The summed E-state index contributed by atoms with van der Waals surface area (Å²) in [5.74, 6) is 2.36. The van der Waals surface area contributed by atoms with Crippen molar-refractivity contribution in [3.05, 3.63) is 17.7 Å². The van der Waals surface area contributed by atoms with Crippen LogP contribution in [0.3, 0.4) is 0 Å². The number of methoxy groups -OCH3 is 3. The lowest BCUT2D eigenvalue weighted by Gasteiger charge is -2.13. The molecule has 0 heterocycles. The molecule has 0 bridgehead atoms. The van der Waals surface area contributed by atoms with Crippen LogP contribution >= 0.6 is 0 Å². The van der Waals surface area contributed by atoms with Gasteiger partial charge in [0.15, 0.2) is 0 Å². The minimum atomic E-state index is 0.746. The second kappa shape index (κ2) is 7.85. The molecule has 1 aromatic rings. The van der Waals surface area contributed by atoms with E-state index in [2.05, 4.69) is 6.92 Å². The molecule has 0 atom stereocenters. The first-order chi connectivity index (χ1) is 7.76. The van der Waals surface area contributed by atoms with Gasteiger partial charge in [0.1, 0.15) is 17.2 Å². The SMILES string of the molecule is CC.CCc1c(OC)cc(OC)cc1OC. The highest BCUT2D eigenvalue weighted by Gasteiger charge is 2.10. The predicted octanol–water partition coefficient (Wildman–Crippen LogP) is 3.30. The van der Waals surface area contributed by atoms with Crippen molar-refractivity contribution in [1.29, 1.82) is 0 Å². The normalized spacial score (nSPS) is 8.88. The lowest BCUT2D eigenvalue weighted by molar-refractivity contribution is 0.369. The van der Waals surface area contributed by atoms with E-state index >= 15 is 0 Å². The number of ether oxygens (including phenoxy) is 3. The first kappa shape index (κ1) is 14.6. The van der Waals surface area contributed by atoms with Crippen molar-refractivity contribution in [2.45, 2.75) is 27.2 Å². The molecule has 0 spiro atoms. The highest BCUT2D eigenvalue weighted by molar-refractivity contribution is 5.50. The van der Waals surface area contributed by atoms with Gasteiger partial charge in [0.25, 0.3) is 0 Å². The summed E-state index contributed by atoms with van der Waals surface area (Å²) in [7, 11) is 4.92. The van der Waals surface area contributed by atoms with Crippen LogP contribution in [0, 0.1) is 0 Å². The molecule has 0 unspecified atom stereocenters. The molecule has 1 rings (SSSR count). The number of benzene rings is 1. The third kappa shape index (κ3) is 3.33. The van der Waals surface area contributed by atoms with E-state index in [0.717, 1.165) is 29.2 Å². The van der Waals surface area contributed by atoms with Crippen molar-refractivity contribution in [3.63, 3.8) is 0 Å². The van der Waals surface area contributed by atoms with Crippen molar-refractivity contribution in [3.8, 4) is 17.2 Å². The Labute approximate surface area is 98.3 Å². The molecular weight excluding hydrogens is 204 g/mol. The van der Waals surface area contributed by atoms with Crippen LogP contribution in [0.1, 0.15) is 26.3 Å². The Bertz CT molecular complexity index is 283. The van der Waals surface area contributed by atoms with Crippen LogP contribution in [0.2, 0.25) is 0 Å². The Balaban J connectivity index is 0.00000106. The molecule has 0 amide bonds. The minimum absolute atomic E-state index is 0.746. The van der Waals surface area contributed by atoms with E-state index in [0.29, 0.717) is 0 Å².